The minimum absolute atomic E-state index is 0.641. The summed E-state index contributed by atoms with van der Waals surface area (Å²) >= 11 is 1.65. The average Bonchev–Trinajstić information content (AvgIpc) is 2.88. The highest BCUT2D eigenvalue weighted by atomic mass is 32.2. The molecule has 4 heteroatoms. The van der Waals surface area contributed by atoms with Crippen molar-refractivity contribution in [1.29, 1.82) is 5.26 Å². The van der Waals surface area contributed by atoms with E-state index in [-0.39, 0.29) is 0 Å². The van der Waals surface area contributed by atoms with Gasteiger partial charge in [-0.3, -0.25) is 0 Å². The number of aryl methyl sites for hydroxylation is 2. The monoisotopic (exact) mass is 464 g/mol. The van der Waals surface area contributed by atoms with Crippen molar-refractivity contribution >= 4 is 11.8 Å². The van der Waals surface area contributed by atoms with Crippen LogP contribution >= 0.6 is 11.8 Å². The molecule has 0 unspecified atom stereocenters. The van der Waals surface area contributed by atoms with Gasteiger partial charge >= 0.3 is 0 Å². The minimum Gasteiger partial charge on any atom is -0.493 e. The van der Waals surface area contributed by atoms with Gasteiger partial charge in [0.1, 0.15) is 16.8 Å². The van der Waals surface area contributed by atoms with Crippen LogP contribution in [-0.2, 0) is 0 Å². The Kier molecular flexibility index (Phi) is 8.01. The lowest BCUT2D eigenvalue weighted by Gasteiger charge is -2.13. The van der Waals surface area contributed by atoms with E-state index in [9.17, 15) is 5.26 Å². The number of nitriles is 1. The van der Waals surface area contributed by atoms with Crippen molar-refractivity contribution in [1.82, 2.24) is 4.98 Å². The van der Waals surface area contributed by atoms with Crippen LogP contribution in [0.25, 0.3) is 22.4 Å². The molecule has 1 aromatic heterocycles. The van der Waals surface area contributed by atoms with E-state index in [1.165, 1.54) is 11.1 Å². The highest BCUT2D eigenvalue weighted by Gasteiger charge is 2.15. The van der Waals surface area contributed by atoms with Crippen molar-refractivity contribution in [2.45, 2.75) is 31.7 Å². The van der Waals surface area contributed by atoms with Gasteiger partial charge in [0.15, 0.2) is 0 Å². The first-order valence-electron chi connectivity index (χ1n) is 11.5. The molecule has 0 aliphatic rings. The SMILES string of the molecule is Cc1cccc(C)c1OCCCCSc1nc(-c2ccccc2)cc(-c2ccccc2)c1C#N. The van der Waals surface area contributed by atoms with Crippen LogP contribution in [0.15, 0.2) is 90.0 Å². The first-order valence-corrected chi connectivity index (χ1v) is 12.5. The molecule has 0 aliphatic carbocycles. The molecule has 0 radical (unpaired) electrons. The highest BCUT2D eigenvalue weighted by molar-refractivity contribution is 7.99. The van der Waals surface area contributed by atoms with Crippen molar-refractivity contribution in [3.63, 3.8) is 0 Å². The molecule has 0 amide bonds. The maximum Gasteiger partial charge on any atom is 0.125 e. The van der Waals surface area contributed by atoms with Gasteiger partial charge < -0.3 is 4.74 Å². The van der Waals surface area contributed by atoms with Gasteiger partial charge in [-0.1, -0.05) is 78.9 Å². The molecule has 0 aliphatic heterocycles. The van der Waals surface area contributed by atoms with Crippen molar-refractivity contribution < 1.29 is 4.74 Å². The van der Waals surface area contributed by atoms with Crippen LogP contribution in [0.5, 0.6) is 5.75 Å². The molecule has 34 heavy (non-hydrogen) atoms. The minimum atomic E-state index is 0.641. The molecule has 3 nitrogen and oxygen atoms in total. The van der Waals surface area contributed by atoms with Crippen LogP contribution in [0.1, 0.15) is 29.5 Å². The van der Waals surface area contributed by atoms with Crippen molar-refractivity contribution in [2.24, 2.45) is 0 Å². The van der Waals surface area contributed by atoms with Gasteiger partial charge in [-0.25, -0.2) is 4.98 Å². The summed E-state index contributed by atoms with van der Waals surface area (Å²) in [5.41, 5.74) is 6.88. The van der Waals surface area contributed by atoms with Crippen LogP contribution in [0, 0.1) is 25.2 Å². The smallest absolute Gasteiger partial charge is 0.125 e. The van der Waals surface area contributed by atoms with E-state index in [2.05, 4.69) is 50.2 Å². The van der Waals surface area contributed by atoms with Gasteiger partial charge in [-0.15, -0.1) is 11.8 Å². The number of nitrogens with zero attached hydrogens (tertiary/aromatic N) is 2. The summed E-state index contributed by atoms with van der Waals surface area (Å²) in [7, 11) is 0. The number of pyridine rings is 1. The number of aromatic nitrogens is 1. The van der Waals surface area contributed by atoms with Gasteiger partial charge in [0, 0.05) is 11.1 Å². The fourth-order valence-corrected chi connectivity index (χ4v) is 4.92. The number of unbranched alkanes of at least 4 members (excludes halogenated alkanes) is 1. The summed E-state index contributed by atoms with van der Waals surface area (Å²) in [6.45, 7) is 4.85. The maximum absolute atomic E-state index is 10.0. The Labute approximate surface area is 206 Å². The quantitative estimate of drug-likeness (QED) is 0.187. The van der Waals surface area contributed by atoms with Crippen molar-refractivity contribution in [3.8, 4) is 34.2 Å². The molecule has 4 rings (SSSR count). The highest BCUT2D eigenvalue weighted by Crippen LogP contribution is 2.34. The molecule has 0 saturated heterocycles. The fourth-order valence-electron chi connectivity index (χ4n) is 3.91. The third-order valence-corrected chi connectivity index (χ3v) is 6.75. The first kappa shape index (κ1) is 23.6. The van der Waals surface area contributed by atoms with E-state index < -0.39 is 0 Å². The predicted octanol–water partition coefficient (Wildman–Crippen LogP) is 7.86. The molecule has 0 fully saturated rings. The number of thioether (sulfide) groups is 1. The molecule has 0 saturated carbocycles. The number of hydrogen-bond acceptors (Lipinski definition) is 4. The third-order valence-electron chi connectivity index (χ3n) is 5.69. The first-order chi connectivity index (χ1) is 16.7. The summed E-state index contributed by atoms with van der Waals surface area (Å²) in [4.78, 5) is 4.90. The number of para-hydroxylation sites is 1. The Morgan fingerprint density at radius 3 is 2.12 bits per heavy atom. The number of rotatable bonds is 9. The van der Waals surface area contributed by atoms with Crippen LogP contribution in [0.2, 0.25) is 0 Å². The Balaban J connectivity index is 1.49. The normalized spacial score (nSPS) is 10.6. The number of benzene rings is 3. The molecule has 0 bridgehead atoms. The van der Waals surface area contributed by atoms with Crippen LogP contribution in [-0.4, -0.2) is 17.3 Å². The number of hydrogen-bond donors (Lipinski definition) is 0. The van der Waals surface area contributed by atoms with Crippen LogP contribution < -0.4 is 4.74 Å². The van der Waals surface area contributed by atoms with E-state index in [0.717, 1.165) is 51.8 Å². The van der Waals surface area contributed by atoms with Gasteiger partial charge in [0.25, 0.3) is 0 Å². The second-order valence-corrected chi connectivity index (χ2v) is 9.29. The van der Waals surface area contributed by atoms with Crippen LogP contribution in [0.3, 0.4) is 0 Å². The standard InChI is InChI=1S/C30H28N2OS/c1-22-12-11-13-23(2)29(22)33-18-9-10-19-34-30-27(21-31)26(24-14-5-3-6-15-24)20-28(32-30)25-16-7-4-8-17-25/h3-8,11-17,20H,9-10,18-19H2,1-2H3. The lowest BCUT2D eigenvalue weighted by molar-refractivity contribution is 0.306. The predicted molar refractivity (Wildman–Crippen MR) is 141 cm³/mol. The lowest BCUT2D eigenvalue weighted by atomic mass is 9.99. The van der Waals surface area contributed by atoms with Gasteiger partial charge in [0.2, 0.25) is 0 Å². The molecule has 4 aromatic rings. The average molecular weight is 465 g/mol. The lowest BCUT2D eigenvalue weighted by Crippen LogP contribution is -2.01. The van der Waals surface area contributed by atoms with Gasteiger partial charge in [-0.05, 0) is 55.2 Å². The topological polar surface area (TPSA) is 45.9 Å². The van der Waals surface area contributed by atoms with Crippen molar-refractivity contribution in [3.05, 3.63) is 102 Å². The summed E-state index contributed by atoms with van der Waals surface area (Å²) in [5.74, 6) is 1.87. The second-order valence-electron chi connectivity index (χ2n) is 8.20. The van der Waals surface area contributed by atoms with E-state index in [0.29, 0.717) is 12.2 Å². The number of ether oxygens (including phenoxy) is 1. The summed E-state index contributed by atoms with van der Waals surface area (Å²) in [6, 6.07) is 30.9. The van der Waals surface area contributed by atoms with Crippen molar-refractivity contribution in [2.75, 3.05) is 12.4 Å². The molecule has 0 N–H and O–H groups in total. The Bertz CT molecular complexity index is 1260. The van der Waals surface area contributed by atoms with E-state index in [1.54, 1.807) is 11.8 Å². The van der Waals surface area contributed by atoms with Gasteiger partial charge in [0.05, 0.1) is 17.9 Å². The van der Waals surface area contributed by atoms with E-state index >= 15 is 0 Å². The largest absolute Gasteiger partial charge is 0.493 e. The molecular weight excluding hydrogens is 436 g/mol. The van der Waals surface area contributed by atoms with E-state index in [4.69, 9.17) is 9.72 Å². The maximum atomic E-state index is 10.0. The van der Waals surface area contributed by atoms with Crippen LogP contribution in [0.4, 0.5) is 0 Å². The molecule has 170 valence electrons. The fraction of sp³-hybridized carbons (Fsp3) is 0.200. The Morgan fingerprint density at radius 2 is 1.47 bits per heavy atom. The third kappa shape index (κ3) is 5.68. The summed E-state index contributed by atoms with van der Waals surface area (Å²) in [5, 5.41) is 10.8. The molecule has 0 spiro atoms. The molecule has 1 heterocycles. The summed E-state index contributed by atoms with van der Waals surface area (Å²) in [6.07, 6.45) is 1.94. The zero-order chi connectivity index (χ0) is 23.8. The molecule has 0 atom stereocenters. The van der Waals surface area contributed by atoms with Gasteiger partial charge in [-0.2, -0.15) is 5.26 Å². The zero-order valence-corrected chi connectivity index (χ0v) is 20.4. The Hall–Kier alpha value is -3.55. The van der Waals surface area contributed by atoms with E-state index in [1.807, 2.05) is 54.6 Å². The molecule has 3 aromatic carbocycles. The Morgan fingerprint density at radius 1 is 0.824 bits per heavy atom. The molecular formula is C30H28N2OS. The zero-order valence-electron chi connectivity index (χ0n) is 19.6. The summed E-state index contributed by atoms with van der Waals surface area (Å²) < 4.78 is 6.04. The second kappa shape index (κ2) is 11.5.